The number of amides is 2. The number of ether oxygens (including phenoxy) is 1. The maximum Gasteiger partial charge on any atom is 0.264 e. The molecule has 7 heteroatoms. The van der Waals surface area contributed by atoms with Crippen molar-refractivity contribution in [3.63, 3.8) is 0 Å². The van der Waals surface area contributed by atoms with Crippen LogP contribution in [0.1, 0.15) is 41.8 Å². The Labute approximate surface area is 164 Å². The molecule has 1 aromatic rings. The fraction of sp³-hybridized carbons (Fsp3) is 0.700. The predicted octanol–water partition coefficient (Wildman–Crippen LogP) is 1.97. The summed E-state index contributed by atoms with van der Waals surface area (Å²) in [6.45, 7) is 5.66. The fourth-order valence-electron chi connectivity index (χ4n) is 4.47. The van der Waals surface area contributed by atoms with Gasteiger partial charge in [0.15, 0.2) is 0 Å². The summed E-state index contributed by atoms with van der Waals surface area (Å²) >= 11 is 1.44. The van der Waals surface area contributed by atoms with Crippen LogP contribution >= 0.6 is 11.3 Å². The molecule has 0 aliphatic carbocycles. The standard InChI is InChI=1S/C20H29N3O3S/c24-19(17-3-1-8-23(17)20(25)18-4-2-12-27-18)21-16-5-9-22(10-6-16)13-15-7-11-26-14-15/h2,4,12,15-17H,1,3,5-11,13-14H2,(H,21,24)/t15?,17-/m0/s1. The lowest BCUT2D eigenvalue weighted by molar-refractivity contribution is -0.125. The first-order valence-corrected chi connectivity index (χ1v) is 11.0. The fourth-order valence-corrected chi connectivity index (χ4v) is 5.15. The van der Waals surface area contributed by atoms with E-state index in [0.29, 0.717) is 12.5 Å². The summed E-state index contributed by atoms with van der Waals surface area (Å²) in [6.07, 6.45) is 4.82. The molecule has 3 fully saturated rings. The number of piperidine rings is 1. The molecule has 1 N–H and O–H groups in total. The molecule has 0 saturated carbocycles. The van der Waals surface area contributed by atoms with Gasteiger partial charge in [0.1, 0.15) is 6.04 Å². The van der Waals surface area contributed by atoms with E-state index in [1.165, 1.54) is 17.8 Å². The zero-order valence-electron chi connectivity index (χ0n) is 15.8. The zero-order valence-corrected chi connectivity index (χ0v) is 16.6. The molecule has 1 unspecified atom stereocenters. The van der Waals surface area contributed by atoms with E-state index in [9.17, 15) is 9.59 Å². The highest BCUT2D eigenvalue weighted by Crippen LogP contribution is 2.23. The topological polar surface area (TPSA) is 61.9 Å². The summed E-state index contributed by atoms with van der Waals surface area (Å²) in [7, 11) is 0. The molecule has 3 aliphatic rings. The first-order valence-electron chi connectivity index (χ1n) is 10.2. The largest absolute Gasteiger partial charge is 0.381 e. The second-order valence-corrected chi connectivity index (χ2v) is 8.89. The smallest absolute Gasteiger partial charge is 0.264 e. The Morgan fingerprint density at radius 2 is 2.04 bits per heavy atom. The molecule has 1 aromatic heterocycles. The molecule has 0 bridgehead atoms. The van der Waals surface area contributed by atoms with Crippen molar-refractivity contribution in [1.82, 2.24) is 15.1 Å². The van der Waals surface area contributed by atoms with E-state index in [2.05, 4.69) is 10.2 Å². The van der Waals surface area contributed by atoms with E-state index in [4.69, 9.17) is 4.74 Å². The van der Waals surface area contributed by atoms with Crippen molar-refractivity contribution in [3.8, 4) is 0 Å². The number of carbonyl (C=O) groups is 2. The van der Waals surface area contributed by atoms with Gasteiger partial charge in [-0.3, -0.25) is 9.59 Å². The molecule has 27 heavy (non-hydrogen) atoms. The van der Waals surface area contributed by atoms with Gasteiger partial charge < -0.3 is 19.9 Å². The quantitative estimate of drug-likeness (QED) is 0.834. The highest BCUT2D eigenvalue weighted by Gasteiger charge is 2.36. The number of hydrogen-bond donors (Lipinski definition) is 1. The van der Waals surface area contributed by atoms with Gasteiger partial charge in [-0.05, 0) is 49.5 Å². The molecule has 3 saturated heterocycles. The van der Waals surface area contributed by atoms with Crippen molar-refractivity contribution in [3.05, 3.63) is 22.4 Å². The molecule has 2 amide bonds. The molecule has 0 aromatic carbocycles. The van der Waals surface area contributed by atoms with Crippen LogP contribution in [0.15, 0.2) is 17.5 Å². The molecule has 0 spiro atoms. The SMILES string of the molecule is O=C(NC1CCN(CC2CCOC2)CC1)[C@@H]1CCCN1C(=O)c1cccs1. The van der Waals surface area contributed by atoms with E-state index in [0.717, 1.165) is 63.4 Å². The average molecular weight is 392 g/mol. The van der Waals surface area contributed by atoms with Crippen LogP contribution in [0.2, 0.25) is 0 Å². The van der Waals surface area contributed by atoms with E-state index in [1.54, 1.807) is 4.90 Å². The Hall–Kier alpha value is -1.44. The Morgan fingerprint density at radius 3 is 2.74 bits per heavy atom. The maximum atomic E-state index is 12.8. The molecule has 4 heterocycles. The van der Waals surface area contributed by atoms with Crippen LogP contribution in [0.3, 0.4) is 0 Å². The summed E-state index contributed by atoms with van der Waals surface area (Å²) in [6, 6.07) is 3.64. The van der Waals surface area contributed by atoms with Gasteiger partial charge in [0, 0.05) is 38.8 Å². The van der Waals surface area contributed by atoms with Gasteiger partial charge in [-0.1, -0.05) is 6.07 Å². The average Bonchev–Trinajstić information content (AvgIpc) is 3.44. The third kappa shape index (κ3) is 4.52. The normalized spacial score (nSPS) is 27.2. The van der Waals surface area contributed by atoms with Gasteiger partial charge in [0.2, 0.25) is 5.91 Å². The van der Waals surface area contributed by atoms with Crippen LogP contribution in [0, 0.1) is 5.92 Å². The minimum Gasteiger partial charge on any atom is -0.381 e. The molecular formula is C20H29N3O3S. The minimum absolute atomic E-state index is 0.00347. The van der Waals surface area contributed by atoms with Crippen molar-refractivity contribution in [2.75, 3.05) is 39.4 Å². The first kappa shape index (κ1) is 18.9. The number of carbonyl (C=O) groups excluding carboxylic acids is 2. The number of nitrogens with zero attached hydrogens (tertiary/aromatic N) is 2. The van der Waals surface area contributed by atoms with Crippen LogP contribution < -0.4 is 5.32 Å². The van der Waals surface area contributed by atoms with Gasteiger partial charge in [-0.15, -0.1) is 11.3 Å². The first-order chi connectivity index (χ1) is 13.2. The van der Waals surface area contributed by atoms with E-state index < -0.39 is 0 Å². The Kier molecular flexibility index (Phi) is 6.10. The van der Waals surface area contributed by atoms with Crippen molar-refractivity contribution in [1.29, 1.82) is 0 Å². The van der Waals surface area contributed by atoms with Gasteiger partial charge in [-0.2, -0.15) is 0 Å². The molecule has 2 atom stereocenters. The second kappa shape index (κ2) is 8.71. The van der Waals surface area contributed by atoms with Gasteiger partial charge in [0.05, 0.1) is 11.5 Å². The van der Waals surface area contributed by atoms with Crippen LogP contribution in [0.5, 0.6) is 0 Å². The van der Waals surface area contributed by atoms with E-state index in [1.807, 2.05) is 17.5 Å². The lowest BCUT2D eigenvalue weighted by Gasteiger charge is -2.34. The second-order valence-electron chi connectivity index (χ2n) is 7.95. The number of likely N-dealkylation sites (tertiary alicyclic amines) is 2. The third-order valence-corrected chi connectivity index (χ3v) is 6.88. The Morgan fingerprint density at radius 1 is 1.19 bits per heavy atom. The summed E-state index contributed by atoms with van der Waals surface area (Å²) in [5.74, 6) is 0.697. The molecule has 4 rings (SSSR count). The monoisotopic (exact) mass is 391 g/mol. The van der Waals surface area contributed by atoms with E-state index in [-0.39, 0.29) is 23.9 Å². The maximum absolute atomic E-state index is 12.8. The number of nitrogens with one attached hydrogen (secondary N) is 1. The van der Waals surface area contributed by atoms with Crippen LogP contribution in [0.4, 0.5) is 0 Å². The Bertz CT molecular complexity index is 637. The van der Waals surface area contributed by atoms with Crippen molar-refractivity contribution in [2.45, 2.75) is 44.2 Å². The van der Waals surface area contributed by atoms with Crippen LogP contribution in [0.25, 0.3) is 0 Å². The van der Waals surface area contributed by atoms with Crippen molar-refractivity contribution in [2.24, 2.45) is 5.92 Å². The van der Waals surface area contributed by atoms with Crippen molar-refractivity contribution >= 4 is 23.2 Å². The molecule has 3 aliphatic heterocycles. The molecule has 0 radical (unpaired) electrons. The molecule has 148 valence electrons. The summed E-state index contributed by atoms with van der Waals surface area (Å²) < 4.78 is 5.47. The van der Waals surface area contributed by atoms with Crippen LogP contribution in [-0.4, -0.2) is 73.1 Å². The zero-order chi connectivity index (χ0) is 18.6. The van der Waals surface area contributed by atoms with Crippen molar-refractivity contribution < 1.29 is 14.3 Å². The van der Waals surface area contributed by atoms with Gasteiger partial charge in [0.25, 0.3) is 5.91 Å². The minimum atomic E-state index is -0.312. The van der Waals surface area contributed by atoms with Crippen LogP contribution in [-0.2, 0) is 9.53 Å². The number of rotatable bonds is 5. The highest BCUT2D eigenvalue weighted by molar-refractivity contribution is 7.12. The predicted molar refractivity (Wildman–Crippen MR) is 105 cm³/mol. The lowest BCUT2D eigenvalue weighted by Crippen LogP contribution is -2.51. The number of thiophene rings is 1. The lowest BCUT2D eigenvalue weighted by atomic mass is 10.0. The van der Waals surface area contributed by atoms with Gasteiger partial charge >= 0.3 is 0 Å². The Balaban J connectivity index is 1.26. The number of hydrogen-bond acceptors (Lipinski definition) is 5. The summed E-state index contributed by atoms with van der Waals surface area (Å²) in [4.78, 5) is 30.5. The summed E-state index contributed by atoms with van der Waals surface area (Å²) in [5.41, 5.74) is 0. The summed E-state index contributed by atoms with van der Waals surface area (Å²) in [5, 5.41) is 5.13. The molecular weight excluding hydrogens is 362 g/mol. The third-order valence-electron chi connectivity index (χ3n) is 6.02. The molecule has 6 nitrogen and oxygen atoms in total. The highest BCUT2D eigenvalue weighted by atomic mass is 32.1. The van der Waals surface area contributed by atoms with Gasteiger partial charge in [-0.25, -0.2) is 0 Å². The van der Waals surface area contributed by atoms with E-state index >= 15 is 0 Å².